The minimum atomic E-state index is -1.24. The maximum Gasteiger partial charge on any atom is 0.340 e. The van der Waals surface area contributed by atoms with Gasteiger partial charge in [0.2, 0.25) is 0 Å². The number of fused-ring (bicyclic) bond motifs is 1. The van der Waals surface area contributed by atoms with Gasteiger partial charge in [0.15, 0.2) is 5.75 Å². The second-order valence-corrected chi connectivity index (χ2v) is 6.89. The summed E-state index contributed by atoms with van der Waals surface area (Å²) in [4.78, 5) is 16.2. The maximum absolute atomic E-state index is 11.8. The summed E-state index contributed by atoms with van der Waals surface area (Å²) < 4.78 is 5.18. The van der Waals surface area contributed by atoms with Crippen LogP contribution in [0.2, 0.25) is 5.02 Å². The summed E-state index contributed by atoms with van der Waals surface area (Å²) in [5.74, 6) is -0.852. The van der Waals surface area contributed by atoms with E-state index in [1.165, 1.54) is 6.07 Å². The van der Waals surface area contributed by atoms with Crippen molar-refractivity contribution in [1.82, 2.24) is 4.98 Å². The lowest BCUT2D eigenvalue weighted by Crippen LogP contribution is -2.01. The first-order valence-electron chi connectivity index (χ1n) is 8.78. The molecule has 0 radical (unpaired) electrons. The predicted molar refractivity (Wildman–Crippen MR) is 113 cm³/mol. The number of carboxylic acid groups (broad SMARTS) is 1. The van der Waals surface area contributed by atoms with Gasteiger partial charge in [-0.1, -0.05) is 48.0 Å². The van der Waals surface area contributed by atoms with E-state index >= 15 is 0 Å². The Hall–Kier alpha value is -3.57. The molecule has 144 valence electrons. The largest absolute Gasteiger partial charge is 0.505 e. The van der Waals surface area contributed by atoms with E-state index in [9.17, 15) is 15.0 Å². The van der Waals surface area contributed by atoms with Gasteiger partial charge in [-0.2, -0.15) is 0 Å². The van der Waals surface area contributed by atoms with Crippen LogP contribution < -0.4 is 4.74 Å². The van der Waals surface area contributed by atoms with Crippen LogP contribution in [0.15, 0.2) is 66.7 Å². The molecule has 0 aliphatic rings. The molecule has 1 aromatic heterocycles. The van der Waals surface area contributed by atoms with Gasteiger partial charge in [0.05, 0.1) is 12.6 Å². The molecule has 0 atom stereocenters. The normalized spacial score (nSPS) is 10.8. The van der Waals surface area contributed by atoms with Gasteiger partial charge in [0.25, 0.3) is 0 Å². The fourth-order valence-electron chi connectivity index (χ4n) is 3.25. The molecule has 1 heterocycles. The van der Waals surface area contributed by atoms with Gasteiger partial charge in [-0.25, -0.2) is 9.78 Å². The van der Waals surface area contributed by atoms with Crippen LogP contribution in [-0.4, -0.2) is 28.3 Å². The number of aromatic hydroxyl groups is 1. The zero-order valence-electron chi connectivity index (χ0n) is 15.4. The van der Waals surface area contributed by atoms with Crippen molar-refractivity contribution in [3.63, 3.8) is 0 Å². The van der Waals surface area contributed by atoms with E-state index in [2.05, 4.69) is 4.98 Å². The third-order valence-corrected chi connectivity index (χ3v) is 4.95. The Morgan fingerprint density at radius 2 is 1.52 bits per heavy atom. The topological polar surface area (TPSA) is 79.7 Å². The van der Waals surface area contributed by atoms with Crippen LogP contribution in [0.1, 0.15) is 10.4 Å². The Morgan fingerprint density at radius 1 is 0.931 bits per heavy atom. The number of methoxy groups -OCH3 is 1. The quantitative estimate of drug-likeness (QED) is 0.459. The molecular weight excluding hydrogens is 390 g/mol. The third-order valence-electron chi connectivity index (χ3n) is 4.72. The molecule has 3 aromatic carbocycles. The Balaban J connectivity index is 1.81. The van der Waals surface area contributed by atoms with Crippen molar-refractivity contribution in [2.75, 3.05) is 7.11 Å². The number of benzene rings is 3. The highest BCUT2D eigenvalue weighted by Gasteiger charge is 2.21. The van der Waals surface area contributed by atoms with Crippen LogP contribution in [0, 0.1) is 0 Å². The number of hydrogen-bond donors (Lipinski definition) is 2. The highest BCUT2D eigenvalue weighted by molar-refractivity contribution is 6.31. The summed E-state index contributed by atoms with van der Waals surface area (Å²) in [5.41, 5.74) is 3.03. The van der Waals surface area contributed by atoms with Crippen LogP contribution in [-0.2, 0) is 0 Å². The van der Waals surface area contributed by atoms with Crippen molar-refractivity contribution in [1.29, 1.82) is 0 Å². The minimum Gasteiger partial charge on any atom is -0.505 e. The molecule has 0 amide bonds. The Bertz CT molecular complexity index is 1220. The van der Waals surface area contributed by atoms with Gasteiger partial charge in [-0.15, -0.1) is 0 Å². The number of ether oxygens (including phenoxy) is 1. The molecule has 0 saturated carbocycles. The first kappa shape index (κ1) is 18.8. The number of carbonyl (C=O) groups is 1. The van der Waals surface area contributed by atoms with E-state index in [1.807, 2.05) is 36.4 Å². The fourth-order valence-corrected chi connectivity index (χ4v) is 3.42. The molecule has 0 fully saturated rings. The van der Waals surface area contributed by atoms with Crippen LogP contribution in [0.25, 0.3) is 33.3 Å². The van der Waals surface area contributed by atoms with E-state index in [0.717, 1.165) is 16.9 Å². The number of aromatic carboxylic acids is 1. The van der Waals surface area contributed by atoms with E-state index in [-0.39, 0.29) is 17.0 Å². The lowest BCUT2D eigenvalue weighted by molar-refractivity contribution is 0.0696. The molecule has 4 aromatic rings. The van der Waals surface area contributed by atoms with Crippen molar-refractivity contribution in [2.45, 2.75) is 0 Å². The number of nitrogens with zero attached hydrogens (tertiary/aromatic N) is 1. The van der Waals surface area contributed by atoms with E-state index in [4.69, 9.17) is 16.3 Å². The zero-order valence-corrected chi connectivity index (χ0v) is 16.1. The SMILES string of the molecule is COc1ccc(-c2ccc(-c3nc4ccc(Cl)cc4c(C(=O)O)c3O)cc2)cc1. The number of halogens is 1. The summed E-state index contributed by atoms with van der Waals surface area (Å²) in [7, 11) is 1.62. The molecule has 29 heavy (non-hydrogen) atoms. The van der Waals surface area contributed by atoms with Gasteiger partial charge in [0.1, 0.15) is 17.0 Å². The van der Waals surface area contributed by atoms with Gasteiger partial charge >= 0.3 is 5.97 Å². The zero-order chi connectivity index (χ0) is 20.5. The van der Waals surface area contributed by atoms with E-state index in [1.54, 1.807) is 31.4 Å². The van der Waals surface area contributed by atoms with Crippen LogP contribution in [0.5, 0.6) is 11.5 Å². The predicted octanol–water partition coefficient (Wildman–Crippen LogP) is 5.63. The van der Waals surface area contributed by atoms with Crippen molar-refractivity contribution in [3.8, 4) is 33.9 Å². The molecule has 4 rings (SSSR count). The third kappa shape index (κ3) is 3.48. The number of pyridine rings is 1. The number of rotatable bonds is 4. The Morgan fingerprint density at radius 3 is 2.10 bits per heavy atom. The Labute approximate surface area is 171 Å². The second kappa shape index (κ2) is 7.45. The van der Waals surface area contributed by atoms with Crippen molar-refractivity contribution in [2.24, 2.45) is 0 Å². The summed E-state index contributed by atoms with van der Waals surface area (Å²) in [6, 6.07) is 19.8. The molecule has 0 spiro atoms. The van der Waals surface area contributed by atoms with E-state index < -0.39 is 5.97 Å². The van der Waals surface area contributed by atoms with Crippen molar-refractivity contribution >= 4 is 28.5 Å². The summed E-state index contributed by atoms with van der Waals surface area (Å²) >= 11 is 5.99. The fraction of sp³-hybridized carbons (Fsp3) is 0.0435. The van der Waals surface area contributed by atoms with Gasteiger partial charge in [-0.3, -0.25) is 0 Å². The standard InChI is InChI=1S/C23H16ClNO4/c1-29-17-9-6-14(7-10-17)13-2-4-15(5-3-13)21-22(26)20(23(27)28)18-12-16(24)8-11-19(18)25-21/h2-12,26H,1H3,(H,27,28). The number of aromatic nitrogens is 1. The van der Waals surface area contributed by atoms with Crippen molar-refractivity contribution < 1.29 is 19.7 Å². The molecule has 2 N–H and O–H groups in total. The molecule has 0 aliphatic carbocycles. The highest BCUT2D eigenvalue weighted by atomic mass is 35.5. The van der Waals surface area contributed by atoms with Gasteiger partial charge in [-0.05, 0) is 41.5 Å². The average molecular weight is 406 g/mol. The summed E-state index contributed by atoms with van der Waals surface area (Å²) in [5, 5.41) is 20.9. The summed E-state index contributed by atoms with van der Waals surface area (Å²) in [6.07, 6.45) is 0. The molecule has 6 heteroatoms. The molecule has 0 saturated heterocycles. The van der Waals surface area contributed by atoms with Gasteiger partial charge < -0.3 is 14.9 Å². The molecule has 0 unspecified atom stereocenters. The molecular formula is C23H16ClNO4. The number of hydrogen-bond acceptors (Lipinski definition) is 4. The second-order valence-electron chi connectivity index (χ2n) is 6.46. The minimum absolute atomic E-state index is 0.207. The van der Waals surface area contributed by atoms with Crippen LogP contribution in [0.4, 0.5) is 0 Å². The lowest BCUT2D eigenvalue weighted by Gasteiger charge is -2.11. The maximum atomic E-state index is 11.8. The van der Waals surface area contributed by atoms with Gasteiger partial charge in [0, 0.05) is 16.0 Å². The van der Waals surface area contributed by atoms with Crippen molar-refractivity contribution in [3.05, 3.63) is 77.3 Å². The first-order valence-corrected chi connectivity index (χ1v) is 9.16. The molecule has 0 aliphatic heterocycles. The Kier molecular flexibility index (Phi) is 4.82. The van der Waals surface area contributed by atoms with E-state index in [0.29, 0.717) is 21.5 Å². The lowest BCUT2D eigenvalue weighted by atomic mass is 9.99. The monoisotopic (exact) mass is 405 g/mol. The molecule has 5 nitrogen and oxygen atoms in total. The van der Waals surface area contributed by atoms with Crippen LogP contribution in [0.3, 0.4) is 0 Å². The van der Waals surface area contributed by atoms with Crippen LogP contribution >= 0.6 is 11.6 Å². The smallest absolute Gasteiger partial charge is 0.340 e. The number of carboxylic acids is 1. The first-order chi connectivity index (χ1) is 14.0. The molecule has 0 bridgehead atoms. The average Bonchev–Trinajstić information content (AvgIpc) is 2.73. The summed E-state index contributed by atoms with van der Waals surface area (Å²) in [6.45, 7) is 0. The highest BCUT2D eigenvalue weighted by Crippen LogP contribution is 2.37.